The number of hydrogen-bond donors (Lipinski definition) is 1. The number of hydrogen-bond acceptors (Lipinski definition) is 3. The fourth-order valence-corrected chi connectivity index (χ4v) is 4.34. The number of halogens is 1. The van der Waals surface area contributed by atoms with Gasteiger partial charge in [-0.05, 0) is 42.7 Å². The number of carbonyl (C=O) groups excluding carboxylic acids is 1. The van der Waals surface area contributed by atoms with Crippen LogP contribution in [0.25, 0.3) is 0 Å². The molecule has 0 saturated heterocycles. The molecule has 2 aromatic carbocycles. The Hall–Kier alpha value is -1.89. The van der Waals surface area contributed by atoms with Gasteiger partial charge in [0.15, 0.2) is 0 Å². The highest BCUT2D eigenvalue weighted by Crippen LogP contribution is 2.22. The lowest BCUT2D eigenvalue weighted by atomic mass is 10.0. The molecule has 7 heteroatoms. The maximum absolute atomic E-state index is 12.9. The maximum Gasteiger partial charge on any atom is 0.241 e. The summed E-state index contributed by atoms with van der Waals surface area (Å²) < 4.78 is 28.4. The van der Waals surface area contributed by atoms with E-state index in [-0.39, 0.29) is 17.2 Å². The molecule has 5 nitrogen and oxygen atoms in total. The van der Waals surface area contributed by atoms with Gasteiger partial charge in [0.2, 0.25) is 15.9 Å². The molecule has 0 spiro atoms. The van der Waals surface area contributed by atoms with E-state index in [4.69, 9.17) is 11.6 Å². The minimum Gasteiger partial charge on any atom is -0.343 e. The van der Waals surface area contributed by atoms with Crippen LogP contribution in [0.15, 0.2) is 59.5 Å². The highest BCUT2D eigenvalue weighted by Gasteiger charge is 2.25. The maximum atomic E-state index is 12.9. The van der Waals surface area contributed by atoms with E-state index in [1.807, 2.05) is 44.2 Å². The molecule has 0 aliphatic rings. The third-order valence-corrected chi connectivity index (χ3v) is 6.08. The van der Waals surface area contributed by atoms with Crippen LogP contribution >= 0.6 is 11.6 Å². The number of rotatable bonds is 10. The first-order valence-electron chi connectivity index (χ1n) is 9.48. The molecular weight excluding hydrogens is 396 g/mol. The number of amides is 1. The zero-order valence-corrected chi connectivity index (χ0v) is 17.8. The molecule has 1 N–H and O–H groups in total. The van der Waals surface area contributed by atoms with Gasteiger partial charge in [0.25, 0.3) is 0 Å². The minimum absolute atomic E-state index is 0.0589. The number of nitrogens with zero attached hydrogens (tertiary/aromatic N) is 1. The molecule has 0 fully saturated rings. The highest BCUT2D eigenvalue weighted by atomic mass is 35.5. The van der Waals surface area contributed by atoms with E-state index in [0.717, 1.165) is 18.4 Å². The van der Waals surface area contributed by atoms with Gasteiger partial charge in [-0.3, -0.25) is 4.79 Å². The summed E-state index contributed by atoms with van der Waals surface area (Å²) in [6, 6.07) is 14.5. The van der Waals surface area contributed by atoms with Crippen molar-refractivity contribution < 1.29 is 13.2 Å². The molecule has 0 aliphatic carbocycles. The molecule has 1 atom stereocenters. The van der Waals surface area contributed by atoms with Crippen LogP contribution in [-0.4, -0.2) is 32.3 Å². The molecule has 1 amide bonds. The van der Waals surface area contributed by atoms with E-state index in [0.29, 0.717) is 18.1 Å². The largest absolute Gasteiger partial charge is 0.343 e. The summed E-state index contributed by atoms with van der Waals surface area (Å²) in [6.07, 6.45) is 1.79. The van der Waals surface area contributed by atoms with Crippen LogP contribution in [0.3, 0.4) is 0 Å². The second-order valence-electron chi connectivity index (χ2n) is 6.62. The second kappa shape index (κ2) is 10.6. The summed E-state index contributed by atoms with van der Waals surface area (Å²) >= 11 is 5.86. The molecule has 0 radical (unpaired) electrons. The van der Waals surface area contributed by atoms with Crippen molar-refractivity contribution >= 4 is 27.5 Å². The van der Waals surface area contributed by atoms with Crippen LogP contribution < -0.4 is 4.72 Å². The molecule has 0 aromatic heterocycles. The van der Waals surface area contributed by atoms with Gasteiger partial charge < -0.3 is 4.90 Å². The van der Waals surface area contributed by atoms with Crippen LogP contribution in [0.2, 0.25) is 5.02 Å². The quantitative estimate of drug-likeness (QED) is 0.617. The van der Waals surface area contributed by atoms with Crippen molar-refractivity contribution in [2.24, 2.45) is 0 Å². The lowest BCUT2D eigenvalue weighted by Gasteiger charge is -2.25. The molecule has 152 valence electrons. The molecule has 2 aromatic rings. The van der Waals surface area contributed by atoms with Crippen LogP contribution in [-0.2, 0) is 14.8 Å². The standard InChI is InChI=1S/C21H27ClN2O3S/c1-3-14-24(15-4-2)21(25)16-20(17-8-6-5-7-9-17)23-28(26,27)19-12-10-18(22)11-13-19/h5-13,20,23H,3-4,14-16H2,1-2H3. The Bertz CT molecular complexity index is 849. The third kappa shape index (κ3) is 6.33. The first kappa shape index (κ1) is 22.4. The zero-order valence-electron chi connectivity index (χ0n) is 16.3. The highest BCUT2D eigenvalue weighted by molar-refractivity contribution is 7.89. The average molecular weight is 423 g/mol. The fourth-order valence-electron chi connectivity index (χ4n) is 2.99. The summed E-state index contributed by atoms with van der Waals surface area (Å²) in [4.78, 5) is 14.8. The molecule has 0 heterocycles. The Morgan fingerprint density at radius 2 is 1.57 bits per heavy atom. The summed E-state index contributed by atoms with van der Waals surface area (Å²) in [6.45, 7) is 5.37. The van der Waals surface area contributed by atoms with Crippen molar-refractivity contribution in [2.45, 2.75) is 44.0 Å². The Morgan fingerprint density at radius 1 is 1.00 bits per heavy atom. The van der Waals surface area contributed by atoms with Crippen molar-refractivity contribution in [3.8, 4) is 0 Å². The van der Waals surface area contributed by atoms with Crippen LogP contribution in [0.4, 0.5) is 0 Å². The molecule has 1 unspecified atom stereocenters. The van der Waals surface area contributed by atoms with Crippen molar-refractivity contribution in [3.05, 3.63) is 65.2 Å². The van der Waals surface area contributed by atoms with Crippen molar-refractivity contribution in [2.75, 3.05) is 13.1 Å². The topological polar surface area (TPSA) is 66.5 Å². The van der Waals surface area contributed by atoms with Crippen molar-refractivity contribution in [1.82, 2.24) is 9.62 Å². The smallest absolute Gasteiger partial charge is 0.241 e. The Labute approximate surface area is 172 Å². The summed E-state index contributed by atoms with van der Waals surface area (Å²) in [7, 11) is -3.80. The Kier molecular flexibility index (Phi) is 8.48. The van der Waals surface area contributed by atoms with E-state index in [9.17, 15) is 13.2 Å². The van der Waals surface area contributed by atoms with Crippen LogP contribution in [0.1, 0.15) is 44.7 Å². The van der Waals surface area contributed by atoms with E-state index in [1.165, 1.54) is 24.3 Å². The molecule has 0 aliphatic heterocycles. The van der Waals surface area contributed by atoms with Crippen molar-refractivity contribution in [3.63, 3.8) is 0 Å². The van der Waals surface area contributed by atoms with Crippen LogP contribution in [0.5, 0.6) is 0 Å². The second-order valence-corrected chi connectivity index (χ2v) is 8.77. The first-order valence-corrected chi connectivity index (χ1v) is 11.3. The van der Waals surface area contributed by atoms with Gasteiger partial charge in [-0.2, -0.15) is 0 Å². The molecule has 0 saturated carbocycles. The molecular formula is C21H27ClN2O3S. The van der Waals surface area contributed by atoms with Gasteiger partial charge in [0.05, 0.1) is 10.9 Å². The van der Waals surface area contributed by atoms with Gasteiger partial charge in [0, 0.05) is 24.5 Å². The molecule has 0 bridgehead atoms. The Morgan fingerprint density at radius 3 is 2.11 bits per heavy atom. The Balaban J connectivity index is 2.27. The van der Waals surface area contributed by atoms with E-state index >= 15 is 0 Å². The van der Waals surface area contributed by atoms with Gasteiger partial charge in [-0.15, -0.1) is 0 Å². The van der Waals surface area contributed by atoms with Crippen molar-refractivity contribution in [1.29, 1.82) is 0 Å². The lowest BCUT2D eigenvalue weighted by molar-refractivity contribution is -0.131. The average Bonchev–Trinajstić information content (AvgIpc) is 2.68. The number of sulfonamides is 1. The zero-order chi connectivity index (χ0) is 20.6. The van der Waals surface area contributed by atoms with Gasteiger partial charge in [-0.25, -0.2) is 13.1 Å². The first-order chi connectivity index (χ1) is 13.4. The van der Waals surface area contributed by atoms with E-state index in [2.05, 4.69) is 4.72 Å². The minimum atomic E-state index is -3.80. The summed E-state index contributed by atoms with van der Waals surface area (Å²) in [5, 5.41) is 0.462. The molecule has 2 rings (SSSR count). The lowest BCUT2D eigenvalue weighted by Crippen LogP contribution is -2.37. The number of benzene rings is 2. The number of carbonyl (C=O) groups is 1. The SMILES string of the molecule is CCCN(CCC)C(=O)CC(NS(=O)(=O)c1ccc(Cl)cc1)c1ccccc1. The summed E-state index contributed by atoms with van der Waals surface area (Å²) in [5.74, 6) is -0.0589. The number of nitrogens with one attached hydrogen (secondary N) is 1. The van der Waals surface area contributed by atoms with E-state index < -0.39 is 16.1 Å². The molecule has 28 heavy (non-hydrogen) atoms. The monoisotopic (exact) mass is 422 g/mol. The van der Waals surface area contributed by atoms with E-state index in [1.54, 1.807) is 4.90 Å². The van der Waals surface area contributed by atoms with Gasteiger partial charge in [-0.1, -0.05) is 55.8 Å². The predicted octanol–water partition coefficient (Wildman–Crippen LogP) is 4.40. The summed E-state index contributed by atoms with van der Waals surface area (Å²) in [5.41, 5.74) is 0.751. The third-order valence-electron chi connectivity index (χ3n) is 4.34. The fraction of sp³-hybridized carbons (Fsp3) is 0.381. The van der Waals surface area contributed by atoms with Gasteiger partial charge in [0.1, 0.15) is 0 Å². The van der Waals surface area contributed by atoms with Crippen LogP contribution in [0, 0.1) is 0 Å². The van der Waals surface area contributed by atoms with Gasteiger partial charge >= 0.3 is 0 Å². The predicted molar refractivity (Wildman–Crippen MR) is 113 cm³/mol. The normalized spacial score (nSPS) is 12.5.